The zero-order valence-electron chi connectivity index (χ0n) is 11.2. The van der Waals surface area contributed by atoms with Gasteiger partial charge in [0.2, 0.25) is 0 Å². The van der Waals surface area contributed by atoms with Gasteiger partial charge in [0.1, 0.15) is 17.5 Å². The van der Waals surface area contributed by atoms with Gasteiger partial charge in [0.15, 0.2) is 5.82 Å². The quantitative estimate of drug-likeness (QED) is 0.781. The monoisotopic (exact) mass is 257 g/mol. The lowest BCUT2D eigenvalue weighted by atomic mass is 10.1. The summed E-state index contributed by atoms with van der Waals surface area (Å²) in [6.45, 7) is 1.90. The number of rotatable bonds is 1. The lowest BCUT2D eigenvalue weighted by Crippen LogP contribution is -2.17. The highest BCUT2D eigenvalue weighted by Gasteiger charge is 2.21. The van der Waals surface area contributed by atoms with Crippen molar-refractivity contribution in [1.29, 1.82) is 5.26 Å². The third kappa shape index (κ3) is 2.35. The van der Waals surface area contributed by atoms with Crippen molar-refractivity contribution in [1.82, 2.24) is 20.1 Å². The molecule has 0 amide bonds. The average molecular weight is 257 g/mol. The Morgan fingerprint density at radius 1 is 1.11 bits per heavy atom. The topological polar surface area (TPSA) is 66.5 Å². The van der Waals surface area contributed by atoms with E-state index >= 15 is 0 Å². The summed E-state index contributed by atoms with van der Waals surface area (Å²) >= 11 is 0. The van der Waals surface area contributed by atoms with E-state index in [0.29, 0.717) is 5.57 Å². The predicted octanol–water partition coefficient (Wildman–Crippen LogP) is 2.01. The summed E-state index contributed by atoms with van der Waals surface area (Å²) in [5.41, 5.74) is 1.75. The van der Waals surface area contributed by atoms with E-state index in [1.807, 2.05) is 0 Å². The Morgan fingerprint density at radius 3 is 2.89 bits per heavy atom. The van der Waals surface area contributed by atoms with Gasteiger partial charge in [-0.25, -0.2) is 0 Å². The van der Waals surface area contributed by atoms with Gasteiger partial charge in [-0.3, -0.25) is 0 Å². The zero-order valence-corrected chi connectivity index (χ0v) is 11.2. The van der Waals surface area contributed by atoms with Crippen LogP contribution in [0.15, 0.2) is 5.70 Å². The Bertz CT molecular complexity index is 525. The summed E-state index contributed by atoms with van der Waals surface area (Å²) < 4.78 is 2.13. The molecule has 2 aliphatic rings. The highest BCUT2D eigenvalue weighted by molar-refractivity contribution is 5.75. The van der Waals surface area contributed by atoms with Gasteiger partial charge in [-0.15, -0.1) is 10.2 Å². The number of nitrogens with one attached hydrogen (secondary N) is 1. The number of hydrogen-bond acceptors (Lipinski definition) is 4. The van der Waals surface area contributed by atoms with E-state index in [4.69, 9.17) is 0 Å². The minimum Gasteiger partial charge on any atom is -0.387 e. The van der Waals surface area contributed by atoms with Gasteiger partial charge in [-0.2, -0.15) is 5.26 Å². The normalized spacial score (nSPS) is 21.8. The zero-order chi connectivity index (χ0) is 13.1. The maximum absolute atomic E-state index is 9.51. The minimum absolute atomic E-state index is 0.697. The van der Waals surface area contributed by atoms with Crippen LogP contribution in [0.2, 0.25) is 0 Å². The van der Waals surface area contributed by atoms with Gasteiger partial charge in [-0.1, -0.05) is 6.42 Å². The minimum atomic E-state index is 0.697. The van der Waals surface area contributed by atoms with Crippen molar-refractivity contribution in [2.45, 2.75) is 51.5 Å². The van der Waals surface area contributed by atoms with Crippen LogP contribution in [-0.4, -0.2) is 21.3 Å². The van der Waals surface area contributed by atoms with E-state index in [2.05, 4.69) is 26.2 Å². The highest BCUT2D eigenvalue weighted by atomic mass is 15.3. The molecule has 0 bridgehead atoms. The highest BCUT2D eigenvalue weighted by Crippen LogP contribution is 2.24. The molecule has 3 rings (SSSR count). The van der Waals surface area contributed by atoms with Gasteiger partial charge < -0.3 is 9.88 Å². The average Bonchev–Trinajstić information content (AvgIpc) is 2.69. The standard InChI is InChI=1S/C14H19N5/c15-10-11(12-6-2-1-4-8-16-12)14-18-17-13-7-3-5-9-19(13)14/h16H,1-9H2/b12-11-. The second kappa shape index (κ2) is 5.43. The second-order valence-corrected chi connectivity index (χ2v) is 5.25. The number of nitrogens with zero attached hydrogens (tertiary/aromatic N) is 4. The van der Waals surface area contributed by atoms with Crippen molar-refractivity contribution in [2.75, 3.05) is 6.54 Å². The van der Waals surface area contributed by atoms with Gasteiger partial charge in [0.05, 0.1) is 0 Å². The lowest BCUT2D eigenvalue weighted by molar-refractivity contribution is 0.519. The van der Waals surface area contributed by atoms with Crippen LogP contribution >= 0.6 is 0 Å². The van der Waals surface area contributed by atoms with Crippen LogP contribution in [0.1, 0.15) is 50.2 Å². The molecule has 0 aliphatic carbocycles. The van der Waals surface area contributed by atoms with Gasteiger partial charge in [0.25, 0.3) is 0 Å². The van der Waals surface area contributed by atoms with Crippen LogP contribution in [0.4, 0.5) is 0 Å². The smallest absolute Gasteiger partial charge is 0.176 e. The molecule has 0 radical (unpaired) electrons. The van der Waals surface area contributed by atoms with Crippen LogP contribution in [0.3, 0.4) is 0 Å². The van der Waals surface area contributed by atoms with E-state index in [1.165, 1.54) is 19.3 Å². The molecule has 3 heterocycles. The summed E-state index contributed by atoms with van der Waals surface area (Å²) in [5, 5.41) is 21.4. The SMILES string of the molecule is N#C/C(=C1\CCCCCN1)c1nnc2n1CCCC2. The summed E-state index contributed by atoms with van der Waals surface area (Å²) in [5.74, 6) is 1.80. The number of allylic oxidation sites excluding steroid dienone is 2. The number of fused-ring (bicyclic) bond motifs is 1. The molecule has 19 heavy (non-hydrogen) atoms. The number of nitriles is 1. The Balaban J connectivity index is 2.00. The molecular weight excluding hydrogens is 238 g/mol. The summed E-state index contributed by atoms with van der Waals surface area (Å²) in [7, 11) is 0. The fourth-order valence-electron chi connectivity index (χ4n) is 2.89. The Kier molecular flexibility index (Phi) is 3.49. The Labute approximate surface area is 113 Å². The van der Waals surface area contributed by atoms with E-state index in [1.54, 1.807) is 0 Å². The molecule has 1 aromatic rings. The van der Waals surface area contributed by atoms with Crippen LogP contribution < -0.4 is 5.32 Å². The molecule has 0 saturated carbocycles. The molecule has 1 fully saturated rings. The number of aryl methyl sites for hydroxylation is 1. The van der Waals surface area contributed by atoms with Crippen molar-refractivity contribution in [3.8, 4) is 6.07 Å². The largest absolute Gasteiger partial charge is 0.387 e. The third-order valence-electron chi connectivity index (χ3n) is 3.94. The first kappa shape index (κ1) is 12.2. The number of hydrogen-bond donors (Lipinski definition) is 1. The Hall–Kier alpha value is -1.83. The van der Waals surface area contributed by atoms with Crippen molar-refractivity contribution in [3.63, 3.8) is 0 Å². The maximum atomic E-state index is 9.51. The van der Waals surface area contributed by atoms with Gasteiger partial charge >= 0.3 is 0 Å². The molecule has 0 spiro atoms. The summed E-state index contributed by atoms with van der Waals surface area (Å²) in [6, 6.07) is 2.35. The molecule has 100 valence electrons. The molecule has 1 aromatic heterocycles. The number of aromatic nitrogens is 3. The van der Waals surface area contributed by atoms with Gasteiger partial charge in [-0.05, 0) is 32.1 Å². The molecule has 5 heteroatoms. The van der Waals surface area contributed by atoms with Crippen LogP contribution in [-0.2, 0) is 13.0 Å². The summed E-state index contributed by atoms with van der Waals surface area (Å²) in [4.78, 5) is 0. The van der Waals surface area contributed by atoms with Crippen LogP contribution in [0.5, 0.6) is 0 Å². The van der Waals surface area contributed by atoms with Gasteiger partial charge in [0, 0.05) is 25.2 Å². The first-order valence-corrected chi connectivity index (χ1v) is 7.19. The predicted molar refractivity (Wildman–Crippen MR) is 72.0 cm³/mol. The first-order chi connectivity index (χ1) is 9.40. The van der Waals surface area contributed by atoms with Crippen molar-refractivity contribution in [3.05, 3.63) is 17.3 Å². The fraction of sp³-hybridized carbons (Fsp3) is 0.643. The molecule has 0 unspecified atom stereocenters. The van der Waals surface area contributed by atoms with E-state index in [0.717, 1.165) is 56.1 Å². The van der Waals surface area contributed by atoms with E-state index < -0.39 is 0 Å². The van der Waals surface area contributed by atoms with E-state index in [-0.39, 0.29) is 0 Å². The fourth-order valence-corrected chi connectivity index (χ4v) is 2.89. The molecule has 2 aliphatic heterocycles. The molecule has 5 nitrogen and oxygen atoms in total. The maximum Gasteiger partial charge on any atom is 0.176 e. The molecule has 0 aromatic carbocycles. The summed E-state index contributed by atoms with van der Waals surface area (Å²) in [6.07, 6.45) is 7.82. The molecular formula is C14H19N5. The molecule has 1 saturated heterocycles. The Morgan fingerprint density at radius 2 is 2.00 bits per heavy atom. The van der Waals surface area contributed by atoms with Crippen molar-refractivity contribution < 1.29 is 0 Å². The van der Waals surface area contributed by atoms with Crippen molar-refractivity contribution in [2.24, 2.45) is 0 Å². The third-order valence-corrected chi connectivity index (χ3v) is 3.94. The lowest BCUT2D eigenvalue weighted by Gasteiger charge is -2.15. The molecule has 1 N–H and O–H groups in total. The second-order valence-electron chi connectivity index (χ2n) is 5.25. The first-order valence-electron chi connectivity index (χ1n) is 7.19. The van der Waals surface area contributed by atoms with E-state index in [9.17, 15) is 5.26 Å². The molecule has 0 atom stereocenters. The van der Waals surface area contributed by atoms with Crippen LogP contribution in [0, 0.1) is 11.3 Å². The van der Waals surface area contributed by atoms with Crippen LogP contribution in [0.25, 0.3) is 5.57 Å². The van der Waals surface area contributed by atoms with Crippen molar-refractivity contribution >= 4 is 5.57 Å².